The van der Waals surface area contributed by atoms with Crippen LogP contribution in [-0.2, 0) is 16.1 Å². The number of rotatable bonds is 4. The Kier molecular flexibility index (Phi) is 4.50. The third-order valence-electron chi connectivity index (χ3n) is 3.72. The second-order valence-corrected chi connectivity index (χ2v) is 5.24. The minimum Gasteiger partial charge on any atom is -0.448 e. The molecule has 0 bridgehead atoms. The van der Waals surface area contributed by atoms with Crippen molar-refractivity contribution in [2.75, 3.05) is 18.8 Å². The van der Waals surface area contributed by atoms with Gasteiger partial charge in [-0.1, -0.05) is 0 Å². The Hall–Kier alpha value is -2.05. The average Bonchev–Trinajstić information content (AvgIpc) is 3.07. The maximum Gasteiger partial charge on any atom is 0.359 e. The monoisotopic (exact) mass is 294 g/mol. The summed E-state index contributed by atoms with van der Waals surface area (Å²) in [5.74, 6) is -0.756. The van der Waals surface area contributed by atoms with Crippen LogP contribution in [0.25, 0.3) is 0 Å². The van der Waals surface area contributed by atoms with Gasteiger partial charge in [0.05, 0.1) is 11.4 Å². The van der Waals surface area contributed by atoms with Gasteiger partial charge < -0.3 is 15.4 Å². The van der Waals surface area contributed by atoms with Crippen molar-refractivity contribution in [2.24, 2.45) is 0 Å². The van der Waals surface area contributed by atoms with Crippen LogP contribution >= 0.6 is 0 Å². The summed E-state index contributed by atoms with van der Waals surface area (Å²) in [7, 11) is 0. The smallest absolute Gasteiger partial charge is 0.359 e. The van der Waals surface area contributed by atoms with Crippen molar-refractivity contribution >= 4 is 17.6 Å². The molecule has 0 radical (unpaired) electrons. The molecule has 1 aromatic heterocycles. The van der Waals surface area contributed by atoms with Crippen LogP contribution in [0.2, 0.25) is 0 Å². The van der Waals surface area contributed by atoms with Crippen LogP contribution < -0.4 is 5.73 Å². The van der Waals surface area contributed by atoms with Crippen molar-refractivity contribution in [3.05, 3.63) is 11.4 Å². The van der Waals surface area contributed by atoms with Crippen LogP contribution in [0.5, 0.6) is 0 Å². The second kappa shape index (κ2) is 6.15. The molecule has 2 heterocycles. The number of likely N-dealkylation sites (tertiary alicyclic amines) is 1. The Balaban J connectivity index is 2.09. The highest BCUT2D eigenvalue weighted by atomic mass is 16.5. The topological polar surface area (TPSA) is 90.5 Å². The van der Waals surface area contributed by atoms with E-state index in [9.17, 15) is 9.59 Å². The zero-order valence-corrected chi connectivity index (χ0v) is 12.8. The number of carbonyl (C=O) groups excluding carboxylic acids is 2. The van der Waals surface area contributed by atoms with E-state index < -0.39 is 12.1 Å². The predicted molar refractivity (Wildman–Crippen MR) is 77.7 cm³/mol. The summed E-state index contributed by atoms with van der Waals surface area (Å²) < 4.78 is 6.78. The molecule has 7 nitrogen and oxygen atoms in total. The summed E-state index contributed by atoms with van der Waals surface area (Å²) in [5.41, 5.74) is 6.99. The first-order valence-corrected chi connectivity index (χ1v) is 7.28. The van der Waals surface area contributed by atoms with E-state index in [-0.39, 0.29) is 11.6 Å². The Labute approximate surface area is 124 Å². The minimum atomic E-state index is -0.810. The molecule has 0 aromatic carbocycles. The molecule has 1 aliphatic heterocycles. The van der Waals surface area contributed by atoms with Crippen molar-refractivity contribution in [3.63, 3.8) is 0 Å². The van der Waals surface area contributed by atoms with Crippen molar-refractivity contribution < 1.29 is 14.3 Å². The molecule has 2 rings (SSSR count). The molecule has 7 heteroatoms. The van der Waals surface area contributed by atoms with Gasteiger partial charge in [0.2, 0.25) is 0 Å². The average molecular weight is 294 g/mol. The summed E-state index contributed by atoms with van der Waals surface area (Å²) in [6.07, 6.45) is 1.19. The van der Waals surface area contributed by atoms with Gasteiger partial charge in [-0.25, -0.2) is 4.79 Å². The molecule has 1 aliphatic rings. The van der Waals surface area contributed by atoms with Gasteiger partial charge in [-0.2, -0.15) is 5.10 Å². The van der Waals surface area contributed by atoms with Gasteiger partial charge in [-0.3, -0.25) is 9.48 Å². The fraction of sp³-hybridized carbons (Fsp3) is 0.643. The molecule has 1 aromatic rings. The highest BCUT2D eigenvalue weighted by molar-refractivity contribution is 5.95. The van der Waals surface area contributed by atoms with Gasteiger partial charge in [0.25, 0.3) is 5.91 Å². The number of carbonyl (C=O) groups is 2. The molecule has 0 saturated carbocycles. The van der Waals surface area contributed by atoms with E-state index in [2.05, 4.69) is 5.10 Å². The summed E-state index contributed by atoms with van der Waals surface area (Å²) in [6.45, 7) is 7.16. The van der Waals surface area contributed by atoms with Gasteiger partial charge in [0, 0.05) is 19.6 Å². The van der Waals surface area contributed by atoms with Crippen LogP contribution in [0, 0.1) is 6.92 Å². The summed E-state index contributed by atoms with van der Waals surface area (Å²) in [6, 6.07) is 0. The van der Waals surface area contributed by atoms with Crippen molar-refractivity contribution in [1.82, 2.24) is 14.7 Å². The van der Waals surface area contributed by atoms with Crippen molar-refractivity contribution in [1.29, 1.82) is 0 Å². The first kappa shape index (κ1) is 15.3. The summed E-state index contributed by atoms with van der Waals surface area (Å²) in [5, 5.41) is 4.17. The highest BCUT2D eigenvalue weighted by Gasteiger charge is 2.28. The SMILES string of the molecule is CCn1nc(C)c(N)c1C(=O)OC(C)C(=O)N1CCCC1. The van der Waals surface area contributed by atoms with E-state index in [1.807, 2.05) is 6.92 Å². The van der Waals surface area contributed by atoms with E-state index >= 15 is 0 Å². The molecule has 1 amide bonds. The number of ether oxygens (including phenoxy) is 1. The van der Waals surface area contributed by atoms with E-state index in [0.29, 0.717) is 17.9 Å². The zero-order chi connectivity index (χ0) is 15.6. The van der Waals surface area contributed by atoms with Gasteiger partial charge in [-0.15, -0.1) is 0 Å². The van der Waals surface area contributed by atoms with E-state index in [1.165, 1.54) is 4.68 Å². The van der Waals surface area contributed by atoms with Gasteiger partial charge in [0.1, 0.15) is 0 Å². The van der Waals surface area contributed by atoms with E-state index in [1.54, 1.807) is 18.7 Å². The number of esters is 1. The normalized spacial score (nSPS) is 16.0. The Morgan fingerprint density at radius 2 is 2.00 bits per heavy atom. The number of amides is 1. The number of nitrogen functional groups attached to an aromatic ring is 1. The molecule has 1 unspecified atom stereocenters. The number of hydrogen-bond donors (Lipinski definition) is 1. The molecule has 0 spiro atoms. The summed E-state index contributed by atoms with van der Waals surface area (Å²) in [4.78, 5) is 26.1. The fourth-order valence-electron chi connectivity index (χ4n) is 2.50. The maximum absolute atomic E-state index is 12.3. The van der Waals surface area contributed by atoms with Gasteiger partial charge in [-0.05, 0) is 33.6 Å². The van der Waals surface area contributed by atoms with Crippen LogP contribution in [0.4, 0.5) is 5.69 Å². The third-order valence-corrected chi connectivity index (χ3v) is 3.72. The number of hydrogen-bond acceptors (Lipinski definition) is 5. The van der Waals surface area contributed by atoms with Gasteiger partial charge >= 0.3 is 5.97 Å². The molecule has 1 fully saturated rings. The van der Waals surface area contributed by atoms with Crippen molar-refractivity contribution in [2.45, 2.75) is 46.3 Å². The maximum atomic E-state index is 12.3. The number of aryl methyl sites for hydroxylation is 2. The van der Waals surface area contributed by atoms with Gasteiger partial charge in [0.15, 0.2) is 11.8 Å². The molecule has 1 atom stereocenters. The molecule has 1 saturated heterocycles. The Morgan fingerprint density at radius 1 is 1.38 bits per heavy atom. The molecule has 2 N–H and O–H groups in total. The fourth-order valence-corrected chi connectivity index (χ4v) is 2.50. The van der Waals surface area contributed by atoms with Crippen LogP contribution in [-0.4, -0.2) is 45.8 Å². The molecular weight excluding hydrogens is 272 g/mol. The van der Waals surface area contributed by atoms with E-state index in [4.69, 9.17) is 10.5 Å². The number of nitrogens with zero attached hydrogens (tertiary/aromatic N) is 3. The Bertz CT molecular complexity index is 547. The first-order chi connectivity index (χ1) is 9.95. The second-order valence-electron chi connectivity index (χ2n) is 5.24. The van der Waals surface area contributed by atoms with E-state index in [0.717, 1.165) is 25.9 Å². The molecular formula is C14H22N4O3. The zero-order valence-electron chi connectivity index (χ0n) is 12.8. The number of anilines is 1. The first-order valence-electron chi connectivity index (χ1n) is 7.28. The highest BCUT2D eigenvalue weighted by Crippen LogP contribution is 2.19. The Morgan fingerprint density at radius 3 is 2.57 bits per heavy atom. The predicted octanol–water partition coefficient (Wildman–Crippen LogP) is 0.961. The summed E-state index contributed by atoms with van der Waals surface area (Å²) >= 11 is 0. The standard InChI is InChI=1S/C14H22N4O3/c1-4-18-12(11(15)9(2)16-18)14(20)21-10(3)13(19)17-7-5-6-8-17/h10H,4-8,15H2,1-3H3. The number of nitrogens with two attached hydrogens (primary N) is 1. The molecule has 116 valence electrons. The van der Waals surface area contributed by atoms with Crippen molar-refractivity contribution in [3.8, 4) is 0 Å². The van der Waals surface area contributed by atoms with Crippen LogP contribution in [0.1, 0.15) is 42.9 Å². The molecule has 21 heavy (non-hydrogen) atoms. The lowest BCUT2D eigenvalue weighted by molar-refractivity contribution is -0.138. The number of aromatic nitrogens is 2. The lowest BCUT2D eigenvalue weighted by atomic mass is 10.3. The van der Waals surface area contributed by atoms with Crippen LogP contribution in [0.3, 0.4) is 0 Å². The third kappa shape index (κ3) is 3.01. The molecule has 0 aliphatic carbocycles. The lowest BCUT2D eigenvalue weighted by Gasteiger charge is -2.20. The minimum absolute atomic E-state index is 0.154. The van der Waals surface area contributed by atoms with Crippen LogP contribution in [0.15, 0.2) is 0 Å². The largest absolute Gasteiger partial charge is 0.448 e. The quantitative estimate of drug-likeness (QED) is 0.835. The lowest BCUT2D eigenvalue weighted by Crippen LogP contribution is -2.38.